The van der Waals surface area contributed by atoms with Crippen LogP contribution in [0.3, 0.4) is 0 Å². The first-order valence-corrected chi connectivity index (χ1v) is 30.9. The number of rotatable bonds is 12. The molecule has 25 N–H and O–H groups in total. The smallest absolute Gasteiger partial charge is 0.275 e. The van der Waals surface area contributed by atoms with E-state index in [0.717, 1.165) is 11.1 Å². The molecule has 38 nitrogen and oxygen atoms in total. The number of aromatic amines is 10. The van der Waals surface area contributed by atoms with E-state index in [1.54, 1.807) is 37.9 Å². The Bertz CT molecular complexity index is 4620. The van der Waals surface area contributed by atoms with Crippen LogP contribution in [0.15, 0.2) is 86.6 Å². The quantitative estimate of drug-likeness (QED) is 0.0542. The van der Waals surface area contributed by atoms with Gasteiger partial charge in [-0.3, -0.25) is 24.0 Å². The van der Waals surface area contributed by atoms with Crippen LogP contribution in [-0.2, 0) is 14.2 Å². The van der Waals surface area contributed by atoms with Crippen molar-refractivity contribution in [1.29, 1.82) is 0 Å². The number of aliphatic hydroxyl groups is 10. The molecule has 0 aliphatic carbocycles. The highest BCUT2D eigenvalue weighted by molar-refractivity contribution is 5.81. The lowest BCUT2D eigenvalue weighted by Gasteiger charge is -2.19. The first kappa shape index (κ1) is 69.7. The summed E-state index contributed by atoms with van der Waals surface area (Å²) in [6.07, 6.45) is 7.87. The molecular weight excluding hydrogens is 1280 g/mol. The molecule has 0 saturated carbocycles. The Morgan fingerprint density at radius 1 is 0.351 bits per heavy atom. The summed E-state index contributed by atoms with van der Waals surface area (Å²) in [7, 11) is 4.51. The maximum atomic E-state index is 11.7. The van der Waals surface area contributed by atoms with Crippen molar-refractivity contribution in [3.8, 4) is 0 Å². The molecule has 0 spiro atoms. The average Bonchev–Trinajstić information content (AvgIpc) is 1.66. The van der Waals surface area contributed by atoms with Crippen LogP contribution in [0.1, 0.15) is 71.9 Å². The Balaban J connectivity index is 0.000000123. The highest BCUT2D eigenvalue weighted by atomic mass is 16.5. The van der Waals surface area contributed by atoms with Crippen LogP contribution in [0, 0.1) is 5.92 Å². The highest BCUT2D eigenvalue weighted by Gasteiger charge is 2.47. The van der Waals surface area contributed by atoms with Crippen LogP contribution in [-0.4, -0.2) is 259 Å². The zero-order valence-corrected chi connectivity index (χ0v) is 52.6. The van der Waals surface area contributed by atoms with E-state index >= 15 is 0 Å². The summed E-state index contributed by atoms with van der Waals surface area (Å²) in [4.78, 5) is 106. The second kappa shape index (κ2) is 29.6. The summed E-state index contributed by atoms with van der Waals surface area (Å²) in [6, 6.07) is -3.67. The molecule has 15 rings (SSSR count). The summed E-state index contributed by atoms with van der Waals surface area (Å²) in [5, 5.41) is 114. The molecule has 10 aromatic heterocycles. The number of methoxy groups -OCH3 is 3. The summed E-state index contributed by atoms with van der Waals surface area (Å²) in [5.74, 6) is -0.0676. The molecule has 97 heavy (non-hydrogen) atoms. The van der Waals surface area contributed by atoms with Crippen LogP contribution in [0.4, 0.5) is 0 Å². The molecule has 5 aliphatic rings. The lowest BCUT2D eigenvalue weighted by molar-refractivity contribution is -0.0114. The first-order chi connectivity index (χ1) is 46.7. The largest absolute Gasteiger partial charge is 0.395 e. The van der Waals surface area contributed by atoms with E-state index in [2.05, 4.69) is 101 Å². The molecule has 522 valence electrons. The molecule has 15 heterocycles. The molecule has 0 radical (unpaired) electrons. The Morgan fingerprint density at radius 2 is 0.670 bits per heavy atom. The van der Waals surface area contributed by atoms with Crippen molar-refractivity contribution in [1.82, 2.24) is 101 Å². The van der Waals surface area contributed by atoms with Crippen molar-refractivity contribution in [2.45, 2.75) is 129 Å². The Kier molecular flexibility index (Phi) is 21.3. The van der Waals surface area contributed by atoms with Crippen molar-refractivity contribution < 1.29 is 65.3 Å². The fourth-order valence-corrected chi connectivity index (χ4v) is 13.4. The van der Waals surface area contributed by atoms with Crippen molar-refractivity contribution in [3.05, 3.63) is 142 Å². The maximum absolute atomic E-state index is 11.7. The predicted octanol–water partition coefficient (Wildman–Crippen LogP) is -5.84. The standard InChI is InChI=1S/3C12H16N4O4.C12H16N4O3.C11H14N4O3/c1-20-11-6(3-17)16-8(10(11)18)5-2-13-9-7(5)14-4-15-12(9)19;1-20-3-6-10(17)11(18)8(16-6)5-2-13-9-7(5)14-4-15-12(9)19;1-20-11-8(16-6(3-17)10(11)18)5-2-13-9-7(5)14-4-15-12(9)19;1-5-7(3-17)16-9(11(5)18)6-2-13-10-8(6)14-4-15-12(10)19;1-4-9(16)10(17)7(15-4)5-2-12-8-6(5)13-3-14-11(8)18/h3*2,4,6,8,10-11,13,16-18H,3H2,1H3,(H,14,15,19);2,4-5,7,9,11,13,16-18H,3H2,1H3,(H,14,15,19);2-4,7,9-10,12,15-17H,1H3,(H,13,14,18)/t6-,8+,10+,11-;2*6-,8+,10-,11+;5-,7-,9+,11-;4-,7+,9-,10+/m11111/s1. The van der Waals surface area contributed by atoms with Crippen molar-refractivity contribution in [3.63, 3.8) is 0 Å². The zero-order valence-electron chi connectivity index (χ0n) is 52.6. The van der Waals surface area contributed by atoms with E-state index in [4.69, 9.17) is 14.2 Å². The van der Waals surface area contributed by atoms with Gasteiger partial charge in [0.05, 0.1) is 131 Å². The number of hydrogen-bond donors (Lipinski definition) is 25. The summed E-state index contributed by atoms with van der Waals surface area (Å²) < 4.78 is 15.5. The van der Waals surface area contributed by atoms with Gasteiger partial charge in [-0.1, -0.05) is 6.92 Å². The van der Waals surface area contributed by atoms with Gasteiger partial charge in [-0.15, -0.1) is 0 Å². The molecule has 10 aromatic rings. The number of hydrogen-bond acceptors (Lipinski definition) is 28. The number of fused-ring (bicyclic) bond motifs is 5. The SMILES string of the molecule is COC[C@H]1N[C@@H](c2c[nH]c3c(=O)[nH]cnc23)[C@H](O)[C@@H]1O.CO[C@@H]1[C@H](O)[C@@H](CO)N[C@H]1c1c[nH]c2c(=O)[nH]cnc12.CO[C@H]1[C@@H](O)[C@H](c2c[nH]c3c(=O)[nH]cnc23)N[C@@H]1CO.C[C@H]1N[C@@H](c2c[nH]c3c(=O)[nH]cnc23)[C@H](O)[C@@H]1O.C[C@H]1[C@@H](O)[C@H](c2c[nH]c3c(=O)[nH]cnc23)N[C@@H]1CO. The van der Waals surface area contributed by atoms with Crippen LogP contribution in [0.25, 0.3) is 55.2 Å². The fraction of sp³-hybridized carbons (Fsp3) is 0.492. The molecule has 0 aromatic carbocycles. The summed E-state index contributed by atoms with van der Waals surface area (Å²) in [5.41, 5.74) is 6.61. The first-order valence-electron chi connectivity index (χ1n) is 30.9. The van der Waals surface area contributed by atoms with E-state index in [-0.39, 0.29) is 96.4 Å². The van der Waals surface area contributed by atoms with Gasteiger partial charge in [0, 0.05) is 98.1 Å². The Labute approximate surface area is 545 Å². The molecule has 20 atom stereocenters. The number of aromatic nitrogens is 15. The van der Waals surface area contributed by atoms with Gasteiger partial charge in [0.1, 0.15) is 85.7 Å². The van der Waals surface area contributed by atoms with Crippen molar-refractivity contribution >= 4 is 55.2 Å². The van der Waals surface area contributed by atoms with E-state index in [0.29, 0.717) is 71.9 Å². The third-order valence-corrected chi connectivity index (χ3v) is 18.6. The van der Waals surface area contributed by atoms with Gasteiger partial charge < -0.3 is 142 Å². The Hall–Kier alpha value is -8.62. The van der Waals surface area contributed by atoms with Crippen molar-refractivity contribution in [2.75, 3.05) is 47.8 Å². The summed E-state index contributed by atoms with van der Waals surface area (Å²) in [6.45, 7) is 3.57. The van der Waals surface area contributed by atoms with Crippen LogP contribution in [0.5, 0.6) is 0 Å². The number of aliphatic hydroxyl groups excluding tert-OH is 10. The zero-order chi connectivity index (χ0) is 69.3. The minimum absolute atomic E-state index is 0.0366. The van der Waals surface area contributed by atoms with Crippen molar-refractivity contribution in [2.24, 2.45) is 5.92 Å². The molecular formula is C59H78N20O18. The second-order valence-electron chi connectivity index (χ2n) is 24.1. The lowest BCUT2D eigenvalue weighted by Crippen LogP contribution is -2.37. The van der Waals surface area contributed by atoms with Gasteiger partial charge in [0.2, 0.25) is 0 Å². The number of nitrogens with one attached hydrogen (secondary N) is 15. The van der Waals surface area contributed by atoms with E-state index in [1.165, 1.54) is 53.0 Å². The molecule has 38 heteroatoms. The molecule has 0 bridgehead atoms. The third kappa shape index (κ3) is 13.2. The lowest BCUT2D eigenvalue weighted by atomic mass is 9.96. The summed E-state index contributed by atoms with van der Waals surface area (Å²) >= 11 is 0. The van der Waals surface area contributed by atoms with E-state index < -0.39 is 79.1 Å². The monoisotopic (exact) mass is 1350 g/mol. The maximum Gasteiger partial charge on any atom is 0.275 e. The minimum Gasteiger partial charge on any atom is -0.395 e. The second-order valence-corrected chi connectivity index (χ2v) is 24.1. The van der Waals surface area contributed by atoms with Gasteiger partial charge in [-0.2, -0.15) is 0 Å². The Morgan fingerprint density at radius 3 is 1.00 bits per heavy atom. The topological polar surface area (TPSA) is 598 Å². The van der Waals surface area contributed by atoms with Gasteiger partial charge in [-0.05, 0) is 6.92 Å². The van der Waals surface area contributed by atoms with Crippen LogP contribution in [0.2, 0.25) is 0 Å². The fourth-order valence-electron chi connectivity index (χ4n) is 13.4. The van der Waals surface area contributed by atoms with Gasteiger partial charge in [-0.25, -0.2) is 24.9 Å². The molecule has 0 amide bonds. The molecule has 0 unspecified atom stereocenters. The molecule has 5 aliphatic heterocycles. The predicted molar refractivity (Wildman–Crippen MR) is 344 cm³/mol. The number of nitrogens with zero attached hydrogens (tertiary/aromatic N) is 5. The van der Waals surface area contributed by atoms with Gasteiger partial charge >= 0.3 is 0 Å². The van der Waals surface area contributed by atoms with Crippen LogP contribution >= 0.6 is 0 Å². The molecule has 5 saturated heterocycles. The van der Waals surface area contributed by atoms with Crippen LogP contribution < -0.4 is 54.4 Å². The van der Waals surface area contributed by atoms with E-state index in [9.17, 15) is 75.0 Å². The average molecular weight is 1360 g/mol. The highest BCUT2D eigenvalue weighted by Crippen LogP contribution is 2.37. The number of ether oxygens (including phenoxy) is 3. The third-order valence-electron chi connectivity index (χ3n) is 18.6. The normalized spacial score (nSPS) is 30.7. The van der Waals surface area contributed by atoms with Gasteiger partial charge in [0.15, 0.2) is 0 Å². The van der Waals surface area contributed by atoms with E-state index in [1.807, 2.05) is 6.92 Å². The van der Waals surface area contributed by atoms with Gasteiger partial charge in [0.25, 0.3) is 27.8 Å². The molecule has 5 fully saturated rings. The number of H-pyrrole nitrogens is 10. The minimum atomic E-state index is -0.991.